The molecule has 2 aromatic carbocycles. The fourth-order valence-electron chi connectivity index (χ4n) is 3.73. The van der Waals surface area contributed by atoms with E-state index in [4.69, 9.17) is 0 Å². The molecule has 2 heterocycles. The Hall–Kier alpha value is -2.71. The number of benzene rings is 2. The van der Waals surface area contributed by atoms with Gasteiger partial charge in [0.1, 0.15) is 6.04 Å². The zero-order valence-corrected chi connectivity index (χ0v) is 15.2. The van der Waals surface area contributed by atoms with E-state index in [9.17, 15) is 23.1 Å². The van der Waals surface area contributed by atoms with E-state index in [0.29, 0.717) is 24.1 Å². The number of anilines is 1. The van der Waals surface area contributed by atoms with Crippen LogP contribution in [0.5, 0.6) is 0 Å². The van der Waals surface area contributed by atoms with Gasteiger partial charge >= 0.3 is 5.97 Å². The number of carbonyl (C=O) groups is 2. The first-order chi connectivity index (χ1) is 12.9. The van der Waals surface area contributed by atoms with Gasteiger partial charge in [0, 0.05) is 6.54 Å². The van der Waals surface area contributed by atoms with Crippen molar-refractivity contribution in [2.24, 2.45) is 0 Å². The molecule has 2 aromatic rings. The summed E-state index contributed by atoms with van der Waals surface area (Å²) < 4.78 is 28.1. The molecule has 4 rings (SSSR count). The zero-order chi connectivity index (χ0) is 19.2. The van der Waals surface area contributed by atoms with Crippen molar-refractivity contribution in [1.29, 1.82) is 0 Å². The van der Waals surface area contributed by atoms with Gasteiger partial charge in [0.05, 0.1) is 17.0 Å². The van der Waals surface area contributed by atoms with Gasteiger partial charge < -0.3 is 10.0 Å². The van der Waals surface area contributed by atoms with E-state index in [1.807, 2.05) is 0 Å². The maximum absolute atomic E-state index is 12.9. The van der Waals surface area contributed by atoms with Crippen LogP contribution in [0.2, 0.25) is 0 Å². The smallest absolute Gasteiger partial charge is 0.326 e. The summed E-state index contributed by atoms with van der Waals surface area (Å²) in [5, 5.41) is 9.49. The summed E-state index contributed by atoms with van der Waals surface area (Å²) >= 11 is 0. The summed E-state index contributed by atoms with van der Waals surface area (Å²) in [7, 11) is -4.08. The maximum Gasteiger partial charge on any atom is 0.326 e. The van der Waals surface area contributed by atoms with Crippen molar-refractivity contribution in [1.82, 2.24) is 4.72 Å². The SMILES string of the molecule is O=C(O)[C@@H](NS(=O)(=O)c1cc2c3c(c1)CC(=O)N3CCC2)c1ccccc1. The largest absolute Gasteiger partial charge is 0.480 e. The highest BCUT2D eigenvalue weighted by Gasteiger charge is 2.35. The molecule has 0 radical (unpaired) electrons. The van der Waals surface area contributed by atoms with Crippen molar-refractivity contribution in [3.63, 3.8) is 0 Å². The number of aryl methyl sites for hydroxylation is 1. The van der Waals surface area contributed by atoms with Crippen LogP contribution in [0.1, 0.15) is 29.2 Å². The Kier molecular flexibility index (Phi) is 4.24. The summed E-state index contributed by atoms with van der Waals surface area (Å²) in [5.74, 6) is -1.31. The third-order valence-corrected chi connectivity index (χ3v) is 6.35. The van der Waals surface area contributed by atoms with Crippen molar-refractivity contribution >= 4 is 27.6 Å². The average Bonchev–Trinajstić information content (AvgIpc) is 2.97. The molecule has 0 unspecified atom stereocenters. The van der Waals surface area contributed by atoms with Crippen LogP contribution in [0.3, 0.4) is 0 Å². The third kappa shape index (κ3) is 3.11. The fraction of sp³-hybridized carbons (Fsp3) is 0.263. The molecule has 0 saturated carbocycles. The Morgan fingerprint density at radius 2 is 1.85 bits per heavy atom. The van der Waals surface area contributed by atoms with Crippen LogP contribution >= 0.6 is 0 Å². The molecule has 8 heteroatoms. The van der Waals surface area contributed by atoms with E-state index in [0.717, 1.165) is 17.7 Å². The van der Waals surface area contributed by atoms with Gasteiger partial charge in [-0.1, -0.05) is 30.3 Å². The summed E-state index contributed by atoms with van der Waals surface area (Å²) in [5.41, 5.74) is 2.67. The second-order valence-electron chi connectivity index (χ2n) is 6.72. The molecule has 2 aliphatic heterocycles. The van der Waals surface area contributed by atoms with E-state index in [-0.39, 0.29) is 17.2 Å². The summed E-state index contributed by atoms with van der Waals surface area (Å²) in [6, 6.07) is 9.79. The van der Waals surface area contributed by atoms with Gasteiger partial charge in [-0.15, -0.1) is 0 Å². The van der Waals surface area contributed by atoms with E-state index in [1.165, 1.54) is 6.07 Å². The molecule has 1 amide bonds. The standard InChI is InChI=1S/C19H18N2O5S/c22-16-11-14-10-15(9-13-7-4-8-21(16)18(13)14)27(25,26)20-17(19(23)24)12-5-2-1-3-6-12/h1-3,5-6,9-10,17,20H,4,7-8,11H2,(H,23,24)/t17-/m0/s1. The van der Waals surface area contributed by atoms with Gasteiger partial charge in [0.2, 0.25) is 15.9 Å². The second kappa shape index (κ2) is 6.47. The molecule has 2 aliphatic rings. The summed E-state index contributed by atoms with van der Waals surface area (Å²) in [6.07, 6.45) is 1.64. The first-order valence-electron chi connectivity index (χ1n) is 8.63. The lowest BCUT2D eigenvalue weighted by molar-refractivity contribution is -0.139. The lowest BCUT2D eigenvalue weighted by atomic mass is 10.0. The fourth-order valence-corrected chi connectivity index (χ4v) is 5.01. The van der Waals surface area contributed by atoms with Gasteiger partial charge in [-0.2, -0.15) is 4.72 Å². The minimum Gasteiger partial charge on any atom is -0.480 e. The Bertz CT molecular complexity index is 1030. The number of sulfonamides is 1. The molecule has 0 spiro atoms. The quantitative estimate of drug-likeness (QED) is 0.813. The topological polar surface area (TPSA) is 104 Å². The normalized spacial score (nSPS) is 16.9. The van der Waals surface area contributed by atoms with Gasteiger partial charge in [-0.25, -0.2) is 8.42 Å². The van der Waals surface area contributed by atoms with Crippen LogP contribution in [0.4, 0.5) is 5.69 Å². The minimum atomic E-state index is -4.08. The second-order valence-corrected chi connectivity index (χ2v) is 8.43. The highest BCUT2D eigenvalue weighted by Crippen LogP contribution is 2.38. The number of carboxylic acid groups (broad SMARTS) is 1. The molecule has 0 aromatic heterocycles. The molecule has 0 saturated heterocycles. The van der Waals surface area contributed by atoms with Crippen LogP contribution in [0, 0.1) is 0 Å². The van der Waals surface area contributed by atoms with Crippen LogP contribution < -0.4 is 9.62 Å². The molecule has 0 bridgehead atoms. The zero-order valence-electron chi connectivity index (χ0n) is 14.4. The molecule has 1 atom stereocenters. The molecule has 0 fully saturated rings. The number of nitrogens with zero attached hydrogens (tertiary/aromatic N) is 1. The number of rotatable bonds is 5. The maximum atomic E-state index is 12.9. The summed E-state index contributed by atoms with van der Waals surface area (Å²) in [6.45, 7) is 0.651. The number of hydrogen-bond donors (Lipinski definition) is 2. The van der Waals surface area contributed by atoms with Crippen molar-refractivity contribution < 1.29 is 23.1 Å². The number of carbonyl (C=O) groups excluding carboxylic acids is 1. The van der Waals surface area contributed by atoms with Crippen molar-refractivity contribution in [3.8, 4) is 0 Å². The van der Waals surface area contributed by atoms with E-state index < -0.39 is 22.0 Å². The van der Waals surface area contributed by atoms with Gasteiger partial charge in [0.25, 0.3) is 0 Å². The minimum absolute atomic E-state index is 0.00465. The highest BCUT2D eigenvalue weighted by atomic mass is 32.2. The molecule has 0 aliphatic carbocycles. The van der Waals surface area contributed by atoms with Crippen LogP contribution in [0.25, 0.3) is 0 Å². The lowest BCUT2D eigenvalue weighted by Gasteiger charge is -2.26. The van der Waals surface area contributed by atoms with E-state index in [1.54, 1.807) is 41.3 Å². The molecule has 7 nitrogen and oxygen atoms in total. The number of nitrogens with one attached hydrogen (secondary N) is 1. The van der Waals surface area contributed by atoms with E-state index in [2.05, 4.69) is 4.72 Å². The first-order valence-corrected chi connectivity index (χ1v) is 10.1. The Balaban J connectivity index is 1.72. The highest BCUT2D eigenvalue weighted by molar-refractivity contribution is 7.89. The predicted octanol–water partition coefficient (Wildman–Crippen LogP) is 1.63. The van der Waals surface area contributed by atoms with Crippen LogP contribution in [-0.4, -0.2) is 31.9 Å². The predicted molar refractivity (Wildman–Crippen MR) is 98.0 cm³/mol. The Labute approximate surface area is 156 Å². The third-order valence-electron chi connectivity index (χ3n) is 4.94. The number of aliphatic carboxylic acids is 1. The number of carboxylic acids is 1. The van der Waals surface area contributed by atoms with Crippen LogP contribution in [0.15, 0.2) is 47.4 Å². The Morgan fingerprint density at radius 1 is 1.15 bits per heavy atom. The molecule has 2 N–H and O–H groups in total. The molecular formula is C19H18N2O5S. The van der Waals surface area contributed by atoms with Gasteiger partial charge in [-0.3, -0.25) is 9.59 Å². The number of hydrogen-bond acceptors (Lipinski definition) is 4. The molecule has 140 valence electrons. The first kappa shape index (κ1) is 17.7. The summed E-state index contributed by atoms with van der Waals surface area (Å²) in [4.78, 5) is 25.5. The lowest BCUT2D eigenvalue weighted by Crippen LogP contribution is -2.34. The molecular weight excluding hydrogens is 368 g/mol. The van der Waals surface area contributed by atoms with Crippen LogP contribution in [-0.2, 0) is 32.5 Å². The van der Waals surface area contributed by atoms with Gasteiger partial charge in [-0.05, 0) is 41.7 Å². The monoisotopic (exact) mass is 386 g/mol. The number of amides is 1. The Morgan fingerprint density at radius 3 is 2.56 bits per heavy atom. The van der Waals surface area contributed by atoms with Crippen molar-refractivity contribution in [2.45, 2.75) is 30.2 Å². The average molecular weight is 386 g/mol. The molecule has 27 heavy (non-hydrogen) atoms. The van der Waals surface area contributed by atoms with E-state index >= 15 is 0 Å². The van der Waals surface area contributed by atoms with Gasteiger partial charge in [0.15, 0.2) is 0 Å². The van der Waals surface area contributed by atoms with Crippen molar-refractivity contribution in [2.75, 3.05) is 11.4 Å². The van der Waals surface area contributed by atoms with Crippen molar-refractivity contribution in [3.05, 3.63) is 59.2 Å².